The summed E-state index contributed by atoms with van der Waals surface area (Å²) in [6.07, 6.45) is -0.0277. The van der Waals surface area contributed by atoms with Crippen LogP contribution in [0.3, 0.4) is 0 Å². The minimum atomic E-state index is -0.563. The fourth-order valence-electron chi connectivity index (χ4n) is 5.08. The first-order valence-corrected chi connectivity index (χ1v) is 13.7. The van der Waals surface area contributed by atoms with E-state index in [1.54, 1.807) is 37.4 Å². The van der Waals surface area contributed by atoms with Crippen LogP contribution in [0, 0.1) is 0 Å². The van der Waals surface area contributed by atoms with E-state index >= 15 is 0 Å². The maximum Gasteiger partial charge on any atom is 0.269 e. The summed E-state index contributed by atoms with van der Waals surface area (Å²) >= 11 is 0. The van der Waals surface area contributed by atoms with Crippen LogP contribution in [0.25, 0.3) is 0 Å². The molecule has 2 aliphatic heterocycles. The maximum absolute atomic E-state index is 13.1. The first-order chi connectivity index (χ1) is 20.4. The van der Waals surface area contributed by atoms with Gasteiger partial charge in [-0.15, -0.1) is 0 Å². The number of hydrogen-bond donors (Lipinski definition) is 2. The highest BCUT2D eigenvalue weighted by Crippen LogP contribution is 2.27. The van der Waals surface area contributed by atoms with Crippen LogP contribution in [0.4, 0.5) is 0 Å². The zero-order valence-electron chi connectivity index (χ0n) is 23.4. The summed E-state index contributed by atoms with van der Waals surface area (Å²) in [5.41, 5.74) is 2.45. The summed E-state index contributed by atoms with van der Waals surface area (Å²) < 4.78 is 17.3. The van der Waals surface area contributed by atoms with Crippen molar-refractivity contribution < 1.29 is 33.4 Å². The number of fused-ring (bicyclic) bond motifs is 1. The summed E-state index contributed by atoms with van der Waals surface area (Å²) in [5.74, 6) is -1.45. The van der Waals surface area contributed by atoms with Crippen LogP contribution >= 0.6 is 0 Å². The molecule has 0 bridgehead atoms. The van der Waals surface area contributed by atoms with Crippen molar-refractivity contribution in [3.63, 3.8) is 0 Å². The summed E-state index contributed by atoms with van der Waals surface area (Å²) in [7, 11) is 3.04. The monoisotopic (exact) mass is 572 g/mol. The van der Waals surface area contributed by atoms with Crippen molar-refractivity contribution in [1.82, 2.24) is 20.5 Å². The molecule has 5 rings (SSSR count). The lowest BCUT2D eigenvalue weighted by Crippen LogP contribution is -2.49. The molecule has 11 heteroatoms. The van der Waals surface area contributed by atoms with Gasteiger partial charge in [-0.05, 0) is 36.2 Å². The zero-order valence-corrected chi connectivity index (χ0v) is 23.4. The lowest BCUT2D eigenvalue weighted by atomic mass is 10.0. The predicted octanol–water partition coefficient (Wildman–Crippen LogP) is 2.72. The first-order valence-electron chi connectivity index (χ1n) is 13.7. The lowest BCUT2D eigenvalue weighted by molar-refractivity contribution is -0.199. The van der Waals surface area contributed by atoms with Gasteiger partial charge in [0.1, 0.15) is 11.8 Å². The Morgan fingerprint density at radius 2 is 1.62 bits per heavy atom. The second kappa shape index (κ2) is 13.0. The van der Waals surface area contributed by atoms with Crippen molar-refractivity contribution in [3.05, 3.63) is 100 Å². The number of amides is 4. The van der Waals surface area contributed by atoms with Gasteiger partial charge in [0, 0.05) is 32.7 Å². The summed E-state index contributed by atoms with van der Waals surface area (Å²) in [6, 6.07) is 18.7. The van der Waals surface area contributed by atoms with Gasteiger partial charge in [-0.1, -0.05) is 42.5 Å². The summed E-state index contributed by atoms with van der Waals surface area (Å²) in [5, 5.41) is 5.42. The Morgan fingerprint density at radius 3 is 2.24 bits per heavy atom. The van der Waals surface area contributed by atoms with Crippen LogP contribution in [-0.4, -0.2) is 79.8 Å². The van der Waals surface area contributed by atoms with Crippen molar-refractivity contribution in [3.8, 4) is 0 Å². The van der Waals surface area contributed by atoms with Crippen LogP contribution in [0.5, 0.6) is 0 Å². The molecule has 11 nitrogen and oxygen atoms in total. The van der Waals surface area contributed by atoms with E-state index in [1.807, 2.05) is 30.3 Å². The normalized spacial score (nSPS) is 18.9. The van der Waals surface area contributed by atoms with Crippen LogP contribution in [0.2, 0.25) is 0 Å². The molecule has 1 fully saturated rings. The highest BCUT2D eigenvalue weighted by molar-refractivity contribution is 6.21. The third-order valence-corrected chi connectivity index (χ3v) is 7.22. The zero-order chi connectivity index (χ0) is 29.6. The SMILES string of the molecule is CNC(=O)c1cc(C(=O)NCCCC2OCC(N3C(=O)c4ccccc4C3=O)CO2)cc(C(OC)c2ccccc2)n1. The van der Waals surface area contributed by atoms with Gasteiger partial charge < -0.3 is 24.8 Å². The molecule has 3 aromatic rings. The number of hydrogen-bond acceptors (Lipinski definition) is 8. The van der Waals surface area contributed by atoms with Crippen LogP contribution in [0.15, 0.2) is 66.7 Å². The van der Waals surface area contributed by atoms with Gasteiger partial charge in [-0.2, -0.15) is 0 Å². The molecule has 0 radical (unpaired) electrons. The number of pyridine rings is 1. The van der Waals surface area contributed by atoms with Gasteiger partial charge in [-0.3, -0.25) is 24.1 Å². The molecule has 1 aromatic heterocycles. The molecule has 0 saturated carbocycles. The predicted molar refractivity (Wildman–Crippen MR) is 151 cm³/mol. The highest BCUT2D eigenvalue weighted by Gasteiger charge is 2.41. The van der Waals surface area contributed by atoms with Gasteiger partial charge in [0.15, 0.2) is 6.29 Å². The smallest absolute Gasteiger partial charge is 0.269 e. The van der Waals surface area contributed by atoms with Crippen LogP contribution < -0.4 is 10.6 Å². The fraction of sp³-hybridized carbons (Fsp3) is 0.323. The number of rotatable bonds is 10. The number of methoxy groups -OCH3 is 1. The Hall–Kier alpha value is -4.45. The number of aromatic nitrogens is 1. The van der Waals surface area contributed by atoms with E-state index < -0.39 is 24.3 Å². The molecular weight excluding hydrogens is 540 g/mol. The Morgan fingerprint density at radius 1 is 0.976 bits per heavy atom. The average molecular weight is 573 g/mol. The van der Waals surface area contributed by atoms with Crippen LogP contribution in [0.1, 0.15) is 71.8 Å². The minimum absolute atomic E-state index is 0.106. The van der Waals surface area contributed by atoms with Crippen molar-refractivity contribution in [2.45, 2.75) is 31.3 Å². The van der Waals surface area contributed by atoms with E-state index in [9.17, 15) is 19.2 Å². The number of ether oxygens (including phenoxy) is 3. The molecule has 2 aliphatic rings. The summed E-state index contributed by atoms with van der Waals surface area (Å²) in [6.45, 7) is 0.683. The van der Waals surface area contributed by atoms with Crippen molar-refractivity contribution in [1.29, 1.82) is 0 Å². The van der Waals surface area contributed by atoms with Gasteiger partial charge >= 0.3 is 0 Å². The molecule has 4 amide bonds. The number of benzene rings is 2. The van der Waals surface area contributed by atoms with E-state index in [4.69, 9.17) is 14.2 Å². The van der Waals surface area contributed by atoms with E-state index in [1.165, 1.54) is 18.0 Å². The second-order valence-corrected chi connectivity index (χ2v) is 9.95. The van der Waals surface area contributed by atoms with Gasteiger partial charge in [-0.25, -0.2) is 4.98 Å². The standard InChI is InChI=1S/C31H32N4O7/c1-32-29(37)25-16-20(15-24(34-25)27(40-2)19-9-4-3-5-10-19)28(36)33-14-8-13-26-41-17-21(18-42-26)35-30(38)22-11-6-7-12-23(22)31(35)39/h3-7,9-12,15-16,21,26-27H,8,13-14,17-18H2,1-2H3,(H,32,37)(H,33,36). The maximum atomic E-state index is 13.1. The minimum Gasteiger partial charge on any atom is -0.370 e. The molecule has 0 aliphatic carbocycles. The average Bonchev–Trinajstić information content (AvgIpc) is 3.29. The van der Waals surface area contributed by atoms with Crippen LogP contribution in [-0.2, 0) is 14.2 Å². The molecule has 1 saturated heterocycles. The summed E-state index contributed by atoms with van der Waals surface area (Å²) in [4.78, 5) is 56.6. The molecule has 42 heavy (non-hydrogen) atoms. The van der Waals surface area contributed by atoms with Gasteiger partial charge in [0.05, 0.1) is 36.1 Å². The van der Waals surface area contributed by atoms with E-state index in [0.717, 1.165) is 5.56 Å². The van der Waals surface area contributed by atoms with Crippen molar-refractivity contribution in [2.24, 2.45) is 0 Å². The Bertz CT molecular complexity index is 1440. The molecule has 2 aromatic carbocycles. The number of nitrogens with one attached hydrogen (secondary N) is 2. The Kier molecular flexibility index (Phi) is 9.01. The molecule has 1 unspecified atom stereocenters. The quantitative estimate of drug-likeness (QED) is 0.280. The van der Waals surface area contributed by atoms with Crippen molar-refractivity contribution >= 4 is 23.6 Å². The van der Waals surface area contributed by atoms with E-state index in [-0.39, 0.29) is 42.2 Å². The van der Waals surface area contributed by atoms with Crippen molar-refractivity contribution in [2.75, 3.05) is 33.9 Å². The first kappa shape index (κ1) is 29.1. The van der Waals surface area contributed by atoms with E-state index in [0.29, 0.717) is 36.2 Å². The molecule has 1 atom stereocenters. The molecular formula is C31H32N4O7. The molecule has 218 valence electrons. The topological polar surface area (TPSA) is 136 Å². The Balaban J connectivity index is 1.14. The largest absolute Gasteiger partial charge is 0.370 e. The van der Waals surface area contributed by atoms with E-state index in [2.05, 4.69) is 15.6 Å². The molecule has 3 heterocycles. The number of nitrogens with zero attached hydrogens (tertiary/aromatic N) is 2. The molecule has 2 N–H and O–H groups in total. The highest BCUT2D eigenvalue weighted by atomic mass is 16.7. The molecule has 0 spiro atoms. The second-order valence-electron chi connectivity index (χ2n) is 9.95. The fourth-order valence-corrected chi connectivity index (χ4v) is 5.08. The van der Waals surface area contributed by atoms with Gasteiger partial charge in [0.25, 0.3) is 23.6 Å². The van der Waals surface area contributed by atoms with Gasteiger partial charge in [0.2, 0.25) is 0 Å². The third kappa shape index (κ3) is 6.08. The third-order valence-electron chi connectivity index (χ3n) is 7.22. The number of imide groups is 1. The lowest BCUT2D eigenvalue weighted by Gasteiger charge is -2.33. The Labute approximate surface area is 243 Å². The number of carbonyl (C=O) groups excluding carboxylic acids is 4. The number of carbonyl (C=O) groups is 4.